The lowest BCUT2D eigenvalue weighted by atomic mass is 10.0. The van der Waals surface area contributed by atoms with Crippen molar-refractivity contribution in [2.45, 2.75) is 25.3 Å². The van der Waals surface area contributed by atoms with Crippen molar-refractivity contribution in [1.82, 2.24) is 14.9 Å². The second-order valence-electron chi connectivity index (χ2n) is 8.65. The molecule has 2 aromatic carbocycles. The summed E-state index contributed by atoms with van der Waals surface area (Å²) in [6.07, 6.45) is 2.92. The summed E-state index contributed by atoms with van der Waals surface area (Å²) in [5.74, 6) is 0.267. The largest absolute Gasteiger partial charge is 0.422 e. The average molecular weight is 460 g/mol. The fourth-order valence-corrected chi connectivity index (χ4v) is 4.90. The van der Waals surface area contributed by atoms with Crippen LogP contribution in [-0.2, 0) is 6.67 Å². The summed E-state index contributed by atoms with van der Waals surface area (Å²) in [7, 11) is 0. The Bertz CT molecular complexity index is 1580. The predicted octanol–water partition coefficient (Wildman–Crippen LogP) is 4.60. The van der Waals surface area contributed by atoms with Gasteiger partial charge in [0.25, 0.3) is 0 Å². The molecule has 8 heteroatoms. The number of benzene rings is 2. The number of nitrogens with one attached hydrogen (secondary N) is 1. The minimum absolute atomic E-state index is 0.166. The average Bonchev–Trinajstić information content (AvgIpc) is 3.28. The van der Waals surface area contributed by atoms with Crippen LogP contribution in [0, 0.1) is 5.82 Å². The first-order chi connectivity index (χ1) is 16.6. The van der Waals surface area contributed by atoms with Crippen LogP contribution < -0.4 is 15.8 Å². The smallest absolute Gasteiger partial charge is 0.345 e. The van der Waals surface area contributed by atoms with Gasteiger partial charge >= 0.3 is 5.63 Å². The number of halogens is 2. The molecule has 1 fully saturated rings. The van der Waals surface area contributed by atoms with Crippen LogP contribution >= 0.6 is 0 Å². The summed E-state index contributed by atoms with van der Waals surface area (Å²) in [5.41, 5.74) is 0.910. The molecule has 0 bridgehead atoms. The molecule has 1 saturated heterocycles. The number of nitrogens with zero attached hydrogens (tertiary/aromatic N) is 3. The molecule has 6 nitrogen and oxygen atoms in total. The van der Waals surface area contributed by atoms with Crippen molar-refractivity contribution in [3.05, 3.63) is 83.2 Å². The van der Waals surface area contributed by atoms with E-state index in [1.165, 1.54) is 12.1 Å². The molecule has 1 aliphatic rings. The first-order valence-electron chi connectivity index (χ1n) is 11.3. The van der Waals surface area contributed by atoms with E-state index < -0.39 is 6.17 Å². The van der Waals surface area contributed by atoms with Crippen LogP contribution in [0.25, 0.3) is 32.6 Å². The van der Waals surface area contributed by atoms with E-state index in [4.69, 9.17) is 4.42 Å². The Balaban J connectivity index is 1.22. The van der Waals surface area contributed by atoms with E-state index in [-0.39, 0.29) is 24.0 Å². The zero-order chi connectivity index (χ0) is 23.2. The molecule has 3 aromatic heterocycles. The molecule has 0 saturated carbocycles. The molecular weight excluding hydrogens is 438 g/mol. The molecule has 1 N–H and O–H groups in total. The molecule has 4 heterocycles. The number of para-hydroxylation sites is 1. The number of rotatable bonds is 4. The van der Waals surface area contributed by atoms with Gasteiger partial charge in [-0.05, 0) is 48.2 Å². The molecule has 34 heavy (non-hydrogen) atoms. The third-order valence-corrected chi connectivity index (χ3v) is 6.60. The van der Waals surface area contributed by atoms with Crippen LogP contribution in [0.3, 0.4) is 0 Å². The van der Waals surface area contributed by atoms with Crippen LogP contribution in [0.15, 0.2) is 76.2 Å². The standard InChI is InChI=1S/C26H22F2N4O2/c27-17-6-5-16-7-10-29-25(20(16)13-17)31-12-9-22(21(28)14-31)30-15-32-11-8-19-24(32)18-3-1-2-4-23(18)34-26(19)33/h1-8,10-11,13,21-22,30H,9,12,14-15H2. The summed E-state index contributed by atoms with van der Waals surface area (Å²) in [4.78, 5) is 18.7. The molecule has 0 aliphatic carbocycles. The van der Waals surface area contributed by atoms with Crippen LogP contribution in [0.2, 0.25) is 0 Å². The topological polar surface area (TPSA) is 63.3 Å². The van der Waals surface area contributed by atoms with Gasteiger partial charge in [-0.1, -0.05) is 18.2 Å². The SMILES string of the molecule is O=c1oc2ccccc2c2c1ccn2CNC1CCN(c2nccc3ccc(F)cc23)CC1F. The van der Waals surface area contributed by atoms with Gasteiger partial charge in [0.05, 0.1) is 24.1 Å². The Morgan fingerprint density at radius 3 is 2.85 bits per heavy atom. The molecule has 2 unspecified atom stereocenters. The summed E-state index contributed by atoms with van der Waals surface area (Å²) < 4.78 is 36.4. The molecule has 1 aliphatic heterocycles. The van der Waals surface area contributed by atoms with Crippen LogP contribution in [-0.4, -0.2) is 34.9 Å². The zero-order valence-corrected chi connectivity index (χ0v) is 18.2. The van der Waals surface area contributed by atoms with E-state index in [0.29, 0.717) is 41.8 Å². The van der Waals surface area contributed by atoms with Crippen molar-refractivity contribution in [2.24, 2.45) is 0 Å². The van der Waals surface area contributed by atoms with Crippen LogP contribution in [0.1, 0.15) is 6.42 Å². The molecular formula is C26H22F2N4O2. The van der Waals surface area contributed by atoms with Crippen molar-refractivity contribution < 1.29 is 13.2 Å². The second-order valence-corrected chi connectivity index (χ2v) is 8.65. The summed E-state index contributed by atoms with van der Waals surface area (Å²) in [6, 6.07) is 15.2. The van der Waals surface area contributed by atoms with Crippen molar-refractivity contribution in [1.29, 1.82) is 0 Å². The lowest BCUT2D eigenvalue weighted by Crippen LogP contribution is -2.51. The summed E-state index contributed by atoms with van der Waals surface area (Å²) >= 11 is 0. The number of alkyl halides is 1. The quantitative estimate of drug-likeness (QED) is 0.397. The lowest BCUT2D eigenvalue weighted by Gasteiger charge is -2.36. The zero-order valence-electron chi connectivity index (χ0n) is 18.2. The molecule has 5 aromatic rings. The first kappa shape index (κ1) is 20.8. The number of anilines is 1. The van der Waals surface area contributed by atoms with Crippen LogP contribution in [0.5, 0.6) is 0 Å². The normalized spacial score (nSPS) is 18.8. The predicted molar refractivity (Wildman–Crippen MR) is 128 cm³/mol. The Morgan fingerprint density at radius 2 is 1.97 bits per heavy atom. The third-order valence-electron chi connectivity index (χ3n) is 6.60. The summed E-state index contributed by atoms with van der Waals surface area (Å²) in [5, 5.41) is 6.21. The molecule has 0 amide bonds. The number of pyridine rings is 1. The van der Waals surface area contributed by atoms with Gasteiger partial charge in [0.15, 0.2) is 0 Å². The number of hydrogen-bond donors (Lipinski definition) is 1. The van der Waals surface area contributed by atoms with E-state index in [0.717, 1.165) is 16.3 Å². The molecule has 172 valence electrons. The fraction of sp³-hybridized carbons (Fsp3) is 0.231. The van der Waals surface area contributed by atoms with Gasteiger partial charge in [0.1, 0.15) is 23.4 Å². The van der Waals surface area contributed by atoms with Gasteiger partial charge in [-0.15, -0.1) is 0 Å². The van der Waals surface area contributed by atoms with Crippen molar-refractivity contribution >= 4 is 38.5 Å². The van der Waals surface area contributed by atoms with Crippen molar-refractivity contribution in [3.63, 3.8) is 0 Å². The van der Waals surface area contributed by atoms with Gasteiger partial charge < -0.3 is 13.9 Å². The van der Waals surface area contributed by atoms with Gasteiger partial charge in [0.2, 0.25) is 0 Å². The van der Waals surface area contributed by atoms with E-state index in [1.54, 1.807) is 24.4 Å². The fourth-order valence-electron chi connectivity index (χ4n) is 4.90. The molecule has 0 radical (unpaired) electrons. The minimum atomic E-state index is -1.14. The molecule has 6 rings (SSSR count). The Hall–Kier alpha value is -3.78. The van der Waals surface area contributed by atoms with E-state index in [9.17, 15) is 9.18 Å². The maximum Gasteiger partial charge on any atom is 0.345 e. The van der Waals surface area contributed by atoms with Gasteiger partial charge in [-0.3, -0.25) is 5.32 Å². The number of piperidine rings is 1. The highest BCUT2D eigenvalue weighted by atomic mass is 19.1. The Morgan fingerprint density at radius 1 is 1.09 bits per heavy atom. The van der Waals surface area contributed by atoms with Gasteiger partial charge in [-0.2, -0.15) is 0 Å². The highest BCUT2D eigenvalue weighted by molar-refractivity contribution is 6.02. The summed E-state index contributed by atoms with van der Waals surface area (Å²) in [6.45, 7) is 1.12. The van der Waals surface area contributed by atoms with Crippen molar-refractivity contribution in [3.8, 4) is 0 Å². The Labute approximate surface area is 193 Å². The van der Waals surface area contributed by atoms with E-state index in [2.05, 4.69) is 10.3 Å². The van der Waals surface area contributed by atoms with Gasteiger partial charge in [0, 0.05) is 35.8 Å². The van der Waals surface area contributed by atoms with Crippen LogP contribution in [0.4, 0.5) is 14.6 Å². The number of hydrogen-bond acceptors (Lipinski definition) is 5. The molecule has 0 spiro atoms. The lowest BCUT2D eigenvalue weighted by molar-refractivity contribution is 0.211. The van der Waals surface area contributed by atoms with Crippen molar-refractivity contribution in [2.75, 3.05) is 18.0 Å². The first-order valence-corrected chi connectivity index (χ1v) is 11.3. The minimum Gasteiger partial charge on any atom is -0.422 e. The second kappa shape index (κ2) is 8.22. The number of fused-ring (bicyclic) bond motifs is 4. The van der Waals surface area contributed by atoms with E-state index in [1.807, 2.05) is 39.9 Å². The van der Waals surface area contributed by atoms with Gasteiger partial charge in [-0.25, -0.2) is 18.6 Å². The van der Waals surface area contributed by atoms with E-state index >= 15 is 4.39 Å². The maximum atomic E-state index is 15.2. The highest BCUT2D eigenvalue weighted by Gasteiger charge is 2.30. The third kappa shape index (κ3) is 3.51. The maximum absolute atomic E-state index is 15.2. The molecule has 2 atom stereocenters. The Kier molecular flexibility index (Phi) is 5.03. The monoisotopic (exact) mass is 460 g/mol. The highest BCUT2D eigenvalue weighted by Crippen LogP contribution is 2.29. The number of aromatic nitrogens is 2.